The van der Waals surface area contributed by atoms with Crippen LogP contribution in [0.2, 0.25) is 0 Å². The number of hydrogen-bond donors (Lipinski definition) is 0. The lowest BCUT2D eigenvalue weighted by Gasteiger charge is -2.28. The van der Waals surface area contributed by atoms with Gasteiger partial charge in [-0.1, -0.05) is 51.8 Å². The van der Waals surface area contributed by atoms with Gasteiger partial charge in [0.05, 0.1) is 6.54 Å². The number of unbranched alkanes of at least 4 members (excludes halogenated alkanes) is 2. The van der Waals surface area contributed by atoms with E-state index in [2.05, 4.69) is 27.4 Å². The molecule has 0 unspecified atom stereocenters. The molecule has 0 spiro atoms. The first kappa shape index (κ1) is 25.4. The van der Waals surface area contributed by atoms with E-state index in [1.54, 1.807) is 11.0 Å². The standard InChI is InChI=1S/C27H39N3O2/c1-6-8-9-11-23-13-15-24(16-14-23)27(32)29(17-7-2)21-26(31)30(19-22(3)4)20-25-12-10-18-28(25)5/h7,10,12-16,18,22H,2,6,8-9,11,17,19-21H2,1,3-5H3. The average Bonchev–Trinajstić information content (AvgIpc) is 3.17. The summed E-state index contributed by atoms with van der Waals surface area (Å²) in [6.45, 7) is 11.7. The Bertz CT molecular complexity index is 867. The molecule has 0 aliphatic rings. The van der Waals surface area contributed by atoms with Gasteiger partial charge in [0.1, 0.15) is 6.54 Å². The highest BCUT2D eigenvalue weighted by atomic mass is 16.2. The third-order valence-corrected chi connectivity index (χ3v) is 5.58. The molecule has 32 heavy (non-hydrogen) atoms. The van der Waals surface area contributed by atoms with Crippen LogP contribution in [0.15, 0.2) is 55.3 Å². The molecule has 2 amide bonds. The van der Waals surface area contributed by atoms with Gasteiger partial charge in [-0.05, 0) is 48.6 Å². The number of carbonyl (C=O) groups is 2. The Kier molecular flexibility index (Phi) is 10.3. The fraction of sp³-hybridized carbons (Fsp3) is 0.481. The number of rotatable bonds is 13. The van der Waals surface area contributed by atoms with E-state index in [1.807, 2.05) is 59.1 Å². The summed E-state index contributed by atoms with van der Waals surface area (Å²) in [5, 5.41) is 0. The third-order valence-electron chi connectivity index (χ3n) is 5.58. The SMILES string of the molecule is C=CCN(CC(=O)N(Cc1cccn1C)CC(C)C)C(=O)c1ccc(CCCCC)cc1. The van der Waals surface area contributed by atoms with Crippen molar-refractivity contribution < 1.29 is 9.59 Å². The fourth-order valence-corrected chi connectivity index (χ4v) is 3.77. The fourth-order valence-electron chi connectivity index (χ4n) is 3.77. The molecule has 2 rings (SSSR count). The molecule has 0 radical (unpaired) electrons. The van der Waals surface area contributed by atoms with Crippen LogP contribution in [0.4, 0.5) is 0 Å². The van der Waals surface area contributed by atoms with E-state index in [4.69, 9.17) is 0 Å². The molecule has 5 nitrogen and oxygen atoms in total. The molecule has 174 valence electrons. The maximum atomic E-state index is 13.2. The molecule has 0 fully saturated rings. The average molecular weight is 438 g/mol. The van der Waals surface area contributed by atoms with Crippen LogP contribution in [0.3, 0.4) is 0 Å². The van der Waals surface area contributed by atoms with Gasteiger partial charge in [0.15, 0.2) is 0 Å². The quantitative estimate of drug-likeness (QED) is 0.324. The summed E-state index contributed by atoms with van der Waals surface area (Å²) < 4.78 is 2.02. The van der Waals surface area contributed by atoms with Gasteiger partial charge >= 0.3 is 0 Å². The first-order valence-electron chi connectivity index (χ1n) is 11.7. The highest BCUT2D eigenvalue weighted by molar-refractivity contribution is 5.96. The van der Waals surface area contributed by atoms with Gasteiger partial charge in [-0.15, -0.1) is 6.58 Å². The Balaban J connectivity index is 2.10. The highest BCUT2D eigenvalue weighted by Crippen LogP contribution is 2.13. The van der Waals surface area contributed by atoms with Crippen molar-refractivity contribution in [3.63, 3.8) is 0 Å². The Labute approximate surface area is 193 Å². The molecular formula is C27H39N3O2. The summed E-state index contributed by atoms with van der Waals surface area (Å²) >= 11 is 0. The minimum Gasteiger partial charge on any atom is -0.353 e. The van der Waals surface area contributed by atoms with Crippen molar-refractivity contribution in [2.24, 2.45) is 13.0 Å². The van der Waals surface area contributed by atoms with Crippen LogP contribution in [0.25, 0.3) is 0 Å². The summed E-state index contributed by atoms with van der Waals surface area (Å²) in [7, 11) is 1.98. The van der Waals surface area contributed by atoms with Crippen molar-refractivity contribution in [3.8, 4) is 0 Å². The first-order valence-corrected chi connectivity index (χ1v) is 11.7. The zero-order valence-corrected chi connectivity index (χ0v) is 20.2. The van der Waals surface area contributed by atoms with Crippen molar-refractivity contribution in [2.45, 2.75) is 53.0 Å². The smallest absolute Gasteiger partial charge is 0.254 e. The van der Waals surface area contributed by atoms with Gasteiger partial charge in [-0.2, -0.15) is 0 Å². The molecular weight excluding hydrogens is 398 g/mol. The molecule has 5 heteroatoms. The number of aromatic nitrogens is 1. The minimum absolute atomic E-state index is 0.0419. The van der Waals surface area contributed by atoms with Crippen LogP contribution >= 0.6 is 0 Å². The number of nitrogens with zero attached hydrogens (tertiary/aromatic N) is 3. The Morgan fingerprint density at radius 2 is 1.81 bits per heavy atom. The molecule has 2 aromatic rings. The maximum absolute atomic E-state index is 13.2. The molecule has 1 aromatic heterocycles. The van der Waals surface area contributed by atoms with E-state index in [1.165, 1.54) is 18.4 Å². The summed E-state index contributed by atoms with van der Waals surface area (Å²) in [6, 6.07) is 11.8. The van der Waals surface area contributed by atoms with Crippen molar-refractivity contribution in [1.82, 2.24) is 14.4 Å². The van der Waals surface area contributed by atoms with Crippen molar-refractivity contribution in [1.29, 1.82) is 0 Å². The monoisotopic (exact) mass is 437 g/mol. The summed E-state index contributed by atoms with van der Waals surface area (Å²) in [4.78, 5) is 29.8. The van der Waals surface area contributed by atoms with Crippen LogP contribution in [0.5, 0.6) is 0 Å². The summed E-state index contributed by atoms with van der Waals surface area (Å²) in [5.74, 6) is 0.149. The van der Waals surface area contributed by atoms with E-state index in [0.29, 0.717) is 31.1 Å². The lowest BCUT2D eigenvalue weighted by atomic mass is 10.0. The Morgan fingerprint density at radius 3 is 2.38 bits per heavy atom. The van der Waals surface area contributed by atoms with Crippen LogP contribution in [0, 0.1) is 5.92 Å². The first-order chi connectivity index (χ1) is 15.3. The van der Waals surface area contributed by atoms with Crippen molar-refractivity contribution in [2.75, 3.05) is 19.6 Å². The van der Waals surface area contributed by atoms with Gasteiger partial charge in [0, 0.05) is 37.6 Å². The van der Waals surface area contributed by atoms with Crippen LogP contribution in [0.1, 0.15) is 61.6 Å². The zero-order valence-electron chi connectivity index (χ0n) is 20.2. The van der Waals surface area contributed by atoms with E-state index >= 15 is 0 Å². The molecule has 0 N–H and O–H groups in total. The zero-order chi connectivity index (χ0) is 23.5. The molecule has 0 aliphatic carbocycles. The Hall–Kier alpha value is -2.82. The molecule has 0 aliphatic heterocycles. The topological polar surface area (TPSA) is 45.6 Å². The van der Waals surface area contributed by atoms with E-state index in [0.717, 1.165) is 18.5 Å². The van der Waals surface area contributed by atoms with Gasteiger partial charge in [0.25, 0.3) is 5.91 Å². The van der Waals surface area contributed by atoms with Gasteiger partial charge in [0.2, 0.25) is 5.91 Å². The maximum Gasteiger partial charge on any atom is 0.254 e. The second kappa shape index (κ2) is 12.9. The van der Waals surface area contributed by atoms with E-state index < -0.39 is 0 Å². The molecule has 0 atom stereocenters. The van der Waals surface area contributed by atoms with Crippen molar-refractivity contribution >= 4 is 11.8 Å². The number of carbonyl (C=O) groups excluding carboxylic acids is 2. The minimum atomic E-state index is -0.137. The van der Waals surface area contributed by atoms with E-state index in [9.17, 15) is 9.59 Å². The second-order valence-corrected chi connectivity index (χ2v) is 8.91. The molecule has 0 bridgehead atoms. The van der Waals surface area contributed by atoms with Gasteiger partial charge in [-0.25, -0.2) is 0 Å². The molecule has 1 aromatic carbocycles. The number of aryl methyl sites for hydroxylation is 2. The largest absolute Gasteiger partial charge is 0.353 e. The number of amides is 2. The summed E-state index contributed by atoms with van der Waals surface area (Å²) in [5.41, 5.74) is 2.92. The van der Waals surface area contributed by atoms with Gasteiger partial charge in [-0.3, -0.25) is 9.59 Å². The number of benzene rings is 1. The summed E-state index contributed by atoms with van der Waals surface area (Å²) in [6.07, 6.45) is 8.25. The van der Waals surface area contributed by atoms with Crippen LogP contribution in [-0.2, 0) is 24.8 Å². The normalized spacial score (nSPS) is 10.9. The van der Waals surface area contributed by atoms with Crippen LogP contribution < -0.4 is 0 Å². The van der Waals surface area contributed by atoms with E-state index in [-0.39, 0.29) is 18.4 Å². The molecule has 0 saturated carbocycles. The van der Waals surface area contributed by atoms with Gasteiger partial charge < -0.3 is 14.4 Å². The molecule has 1 heterocycles. The van der Waals surface area contributed by atoms with Crippen molar-refractivity contribution in [3.05, 3.63) is 72.1 Å². The predicted octanol–water partition coefficient (Wildman–Crippen LogP) is 5.07. The highest BCUT2D eigenvalue weighted by Gasteiger charge is 2.23. The third kappa shape index (κ3) is 7.70. The number of hydrogen-bond acceptors (Lipinski definition) is 2. The second-order valence-electron chi connectivity index (χ2n) is 8.91. The van der Waals surface area contributed by atoms with Crippen LogP contribution in [-0.4, -0.2) is 45.8 Å². The predicted molar refractivity (Wildman–Crippen MR) is 131 cm³/mol. The Morgan fingerprint density at radius 1 is 1.09 bits per heavy atom. The lowest BCUT2D eigenvalue weighted by Crippen LogP contribution is -2.44. The molecule has 0 saturated heterocycles. The lowest BCUT2D eigenvalue weighted by molar-refractivity contribution is -0.133.